The van der Waals surface area contributed by atoms with Gasteiger partial charge in [0.1, 0.15) is 5.54 Å². The monoisotopic (exact) mass is 289 g/mol. The van der Waals surface area contributed by atoms with Crippen LogP contribution in [0.2, 0.25) is 0 Å². The van der Waals surface area contributed by atoms with Crippen molar-refractivity contribution in [1.29, 1.82) is 0 Å². The molecule has 1 aliphatic rings. The minimum Gasteiger partial charge on any atom is -0.479 e. The maximum Gasteiger partial charge on any atom is 0.329 e. The molecule has 0 radical (unpaired) electrons. The smallest absolute Gasteiger partial charge is 0.329 e. The van der Waals surface area contributed by atoms with Crippen LogP contribution in [0.5, 0.6) is 0 Å². The van der Waals surface area contributed by atoms with E-state index in [0.717, 1.165) is 30.5 Å². The van der Waals surface area contributed by atoms with Crippen LogP contribution in [0, 0.1) is 18.3 Å². The number of nitrogens with one attached hydrogen (secondary N) is 1. The minimum absolute atomic E-state index is 0.0332. The van der Waals surface area contributed by atoms with Gasteiger partial charge in [0.25, 0.3) is 0 Å². The number of carbonyl (C=O) groups is 1. The molecule has 1 aromatic rings. The third-order valence-corrected chi connectivity index (χ3v) is 4.84. The van der Waals surface area contributed by atoms with E-state index in [9.17, 15) is 9.90 Å². The highest BCUT2D eigenvalue weighted by atomic mass is 16.4. The van der Waals surface area contributed by atoms with Gasteiger partial charge in [0.2, 0.25) is 0 Å². The third kappa shape index (κ3) is 3.07. The van der Waals surface area contributed by atoms with Crippen molar-refractivity contribution in [3.8, 4) is 0 Å². The van der Waals surface area contributed by atoms with Crippen LogP contribution in [-0.2, 0) is 4.79 Å². The van der Waals surface area contributed by atoms with Crippen LogP contribution in [0.15, 0.2) is 24.3 Å². The number of rotatable bonds is 3. The van der Waals surface area contributed by atoms with Gasteiger partial charge in [-0.1, -0.05) is 51.8 Å². The molecule has 1 saturated carbocycles. The highest BCUT2D eigenvalue weighted by Crippen LogP contribution is 2.46. The summed E-state index contributed by atoms with van der Waals surface area (Å²) in [5.41, 5.74) is 1.14. The molecule has 21 heavy (non-hydrogen) atoms. The maximum absolute atomic E-state index is 12.2. The summed E-state index contributed by atoms with van der Waals surface area (Å²) >= 11 is 0. The Hall–Kier alpha value is -1.51. The van der Waals surface area contributed by atoms with Crippen LogP contribution in [0.25, 0.3) is 0 Å². The summed E-state index contributed by atoms with van der Waals surface area (Å²) in [4.78, 5) is 12.2. The molecular formula is C18H27NO2. The molecule has 0 spiro atoms. The lowest BCUT2D eigenvalue weighted by Gasteiger charge is -2.48. The van der Waals surface area contributed by atoms with E-state index in [1.807, 2.05) is 31.2 Å². The number of carboxylic acids is 1. The largest absolute Gasteiger partial charge is 0.479 e. The van der Waals surface area contributed by atoms with Gasteiger partial charge in [0.15, 0.2) is 0 Å². The first-order valence-electron chi connectivity index (χ1n) is 7.84. The van der Waals surface area contributed by atoms with E-state index in [1.165, 1.54) is 0 Å². The van der Waals surface area contributed by atoms with Gasteiger partial charge in [0.05, 0.1) is 0 Å². The average molecular weight is 289 g/mol. The first kappa shape index (κ1) is 15.9. The maximum atomic E-state index is 12.2. The van der Waals surface area contributed by atoms with Gasteiger partial charge in [-0.05, 0) is 42.7 Å². The minimum atomic E-state index is -0.859. The SMILES string of the molecule is Cc1ccccc1NC1(C(=O)O)CCCCC1C(C)(C)C. The number of hydrogen-bond acceptors (Lipinski definition) is 2. The first-order valence-corrected chi connectivity index (χ1v) is 7.84. The predicted molar refractivity (Wildman–Crippen MR) is 86.6 cm³/mol. The molecule has 0 amide bonds. The molecule has 2 rings (SSSR count). The molecule has 3 nitrogen and oxygen atoms in total. The van der Waals surface area contributed by atoms with Gasteiger partial charge in [-0.3, -0.25) is 0 Å². The number of aliphatic carboxylic acids is 1. The van der Waals surface area contributed by atoms with E-state index in [-0.39, 0.29) is 11.3 Å². The van der Waals surface area contributed by atoms with Crippen molar-refractivity contribution in [2.45, 2.75) is 58.9 Å². The van der Waals surface area contributed by atoms with E-state index in [0.29, 0.717) is 6.42 Å². The number of carboxylic acid groups (broad SMARTS) is 1. The van der Waals surface area contributed by atoms with E-state index >= 15 is 0 Å². The van der Waals surface area contributed by atoms with Crippen LogP contribution >= 0.6 is 0 Å². The Bertz CT molecular complexity index is 518. The van der Waals surface area contributed by atoms with E-state index in [4.69, 9.17) is 0 Å². The van der Waals surface area contributed by atoms with Crippen LogP contribution in [0.1, 0.15) is 52.0 Å². The van der Waals surface area contributed by atoms with Crippen molar-refractivity contribution in [2.24, 2.45) is 11.3 Å². The van der Waals surface area contributed by atoms with Crippen molar-refractivity contribution >= 4 is 11.7 Å². The van der Waals surface area contributed by atoms with Crippen molar-refractivity contribution in [2.75, 3.05) is 5.32 Å². The number of aryl methyl sites for hydroxylation is 1. The molecule has 1 aromatic carbocycles. The Morgan fingerprint density at radius 2 is 1.95 bits per heavy atom. The standard InChI is InChI=1S/C18H27NO2/c1-13-9-5-6-10-14(13)19-18(16(20)21)12-8-7-11-15(18)17(2,3)4/h5-6,9-10,15,19H,7-8,11-12H2,1-4H3,(H,20,21). The molecule has 0 aliphatic heterocycles. The Morgan fingerprint density at radius 3 is 2.52 bits per heavy atom. The summed E-state index contributed by atoms with van der Waals surface area (Å²) in [5.74, 6) is -0.596. The van der Waals surface area contributed by atoms with Gasteiger partial charge in [-0.15, -0.1) is 0 Å². The van der Waals surface area contributed by atoms with E-state index < -0.39 is 11.5 Å². The molecule has 3 heteroatoms. The lowest BCUT2D eigenvalue weighted by atomic mass is 9.62. The third-order valence-electron chi connectivity index (χ3n) is 4.84. The predicted octanol–water partition coefficient (Wildman–Crippen LogP) is 4.47. The lowest BCUT2D eigenvalue weighted by Crippen LogP contribution is -2.58. The first-order chi connectivity index (χ1) is 9.77. The molecule has 116 valence electrons. The normalized spacial score (nSPS) is 26.4. The molecule has 0 bridgehead atoms. The fourth-order valence-electron chi connectivity index (χ4n) is 3.76. The molecule has 2 unspecified atom stereocenters. The van der Waals surface area contributed by atoms with Gasteiger partial charge in [-0.25, -0.2) is 4.79 Å². The zero-order valence-electron chi connectivity index (χ0n) is 13.6. The second-order valence-corrected chi connectivity index (χ2v) is 7.38. The van der Waals surface area contributed by atoms with E-state index in [2.05, 4.69) is 26.1 Å². The highest BCUT2D eigenvalue weighted by Gasteiger charge is 2.51. The molecule has 2 atom stereocenters. The number of hydrogen-bond donors (Lipinski definition) is 2. The molecule has 0 heterocycles. The second kappa shape index (κ2) is 5.70. The fraction of sp³-hybridized carbons (Fsp3) is 0.611. The molecule has 2 N–H and O–H groups in total. The molecule has 1 aliphatic carbocycles. The molecule has 0 aromatic heterocycles. The van der Waals surface area contributed by atoms with E-state index in [1.54, 1.807) is 0 Å². The van der Waals surface area contributed by atoms with Crippen LogP contribution in [-0.4, -0.2) is 16.6 Å². The van der Waals surface area contributed by atoms with Crippen molar-refractivity contribution in [3.63, 3.8) is 0 Å². The zero-order chi connectivity index (χ0) is 15.7. The average Bonchev–Trinajstić information content (AvgIpc) is 2.40. The zero-order valence-corrected chi connectivity index (χ0v) is 13.6. The Balaban J connectivity index is 2.44. The van der Waals surface area contributed by atoms with Gasteiger partial charge < -0.3 is 10.4 Å². The molecule has 1 fully saturated rings. The van der Waals surface area contributed by atoms with Crippen LogP contribution < -0.4 is 5.32 Å². The summed E-state index contributed by atoms with van der Waals surface area (Å²) in [6.07, 6.45) is 3.75. The number of para-hydroxylation sites is 1. The molecule has 0 saturated heterocycles. The van der Waals surface area contributed by atoms with Crippen LogP contribution in [0.4, 0.5) is 5.69 Å². The summed E-state index contributed by atoms with van der Waals surface area (Å²) in [7, 11) is 0. The quantitative estimate of drug-likeness (QED) is 0.863. The summed E-state index contributed by atoms with van der Waals surface area (Å²) in [6.45, 7) is 8.48. The van der Waals surface area contributed by atoms with Gasteiger partial charge in [-0.2, -0.15) is 0 Å². The Kier molecular flexibility index (Phi) is 4.31. The molecular weight excluding hydrogens is 262 g/mol. The summed E-state index contributed by atoms with van der Waals surface area (Å²) in [6, 6.07) is 7.94. The van der Waals surface area contributed by atoms with Crippen molar-refractivity contribution in [3.05, 3.63) is 29.8 Å². The van der Waals surface area contributed by atoms with Crippen molar-refractivity contribution in [1.82, 2.24) is 0 Å². The second-order valence-electron chi connectivity index (χ2n) is 7.38. The summed E-state index contributed by atoms with van der Waals surface area (Å²) < 4.78 is 0. The number of benzene rings is 1. The number of anilines is 1. The van der Waals surface area contributed by atoms with Gasteiger partial charge >= 0.3 is 5.97 Å². The topological polar surface area (TPSA) is 49.3 Å². The van der Waals surface area contributed by atoms with Crippen LogP contribution in [0.3, 0.4) is 0 Å². The summed E-state index contributed by atoms with van der Waals surface area (Å²) in [5, 5.41) is 13.4. The lowest BCUT2D eigenvalue weighted by molar-refractivity contribution is -0.148. The fourth-order valence-corrected chi connectivity index (χ4v) is 3.76. The highest BCUT2D eigenvalue weighted by molar-refractivity contribution is 5.84. The Morgan fingerprint density at radius 1 is 1.29 bits per heavy atom. The Labute approximate surface area is 127 Å². The van der Waals surface area contributed by atoms with Crippen molar-refractivity contribution < 1.29 is 9.90 Å². The van der Waals surface area contributed by atoms with Gasteiger partial charge in [0, 0.05) is 5.69 Å².